The van der Waals surface area contributed by atoms with Crippen LogP contribution in [0, 0.1) is 16.7 Å². The lowest BCUT2D eigenvalue weighted by Crippen LogP contribution is -2.64. The highest BCUT2D eigenvalue weighted by molar-refractivity contribution is 5.20. The molecule has 1 N–H and O–H groups in total. The fraction of sp³-hybridized carbons (Fsp3) is 0.576. The van der Waals surface area contributed by atoms with E-state index in [-0.39, 0.29) is 10.8 Å². The standard InChI is InChI=1S/C33H42O6/c1-5-18-35-28-26(36-20-22-12-8-6-9-13-22)25(34)27(37-21-23-14-10-7-11-15-23)29-30(28)39-33(38-29)19-24-16-17-32(33,4)31(24,2)3/h5-15,24-30,34H,1,16-21H2,2-4H3/t24-,25-,26-,27-,28+,29-,30-,32-,33?/m0/s1. The van der Waals surface area contributed by atoms with Crippen LogP contribution in [0.2, 0.25) is 0 Å². The van der Waals surface area contributed by atoms with Crippen molar-refractivity contribution in [3.63, 3.8) is 0 Å². The zero-order valence-electron chi connectivity index (χ0n) is 23.3. The Morgan fingerprint density at radius 3 is 1.92 bits per heavy atom. The van der Waals surface area contributed by atoms with Crippen molar-refractivity contribution in [3.05, 3.63) is 84.4 Å². The summed E-state index contributed by atoms with van der Waals surface area (Å²) in [5.41, 5.74) is 1.99. The number of hydrogen-bond acceptors (Lipinski definition) is 6. The van der Waals surface area contributed by atoms with Crippen molar-refractivity contribution in [1.82, 2.24) is 0 Å². The molecule has 210 valence electrons. The molecule has 0 aromatic heterocycles. The summed E-state index contributed by atoms with van der Waals surface area (Å²) >= 11 is 0. The van der Waals surface area contributed by atoms with Gasteiger partial charge in [-0.3, -0.25) is 0 Å². The number of aliphatic hydroxyl groups excluding tert-OH is 1. The summed E-state index contributed by atoms with van der Waals surface area (Å²) < 4.78 is 33.3. The Bertz CT molecular complexity index is 1140. The Balaban J connectivity index is 1.33. The molecule has 9 atom stereocenters. The first kappa shape index (κ1) is 27.1. The van der Waals surface area contributed by atoms with Gasteiger partial charge < -0.3 is 28.8 Å². The second-order valence-electron chi connectivity index (χ2n) is 12.5. The molecule has 6 rings (SSSR count). The van der Waals surface area contributed by atoms with Gasteiger partial charge >= 0.3 is 0 Å². The molecule has 1 spiro atoms. The van der Waals surface area contributed by atoms with Gasteiger partial charge in [0.1, 0.15) is 36.6 Å². The van der Waals surface area contributed by atoms with Crippen molar-refractivity contribution < 1.29 is 28.8 Å². The summed E-state index contributed by atoms with van der Waals surface area (Å²) in [5, 5.41) is 11.8. The SMILES string of the molecule is C=CCO[C@H]1[C@@H]2OC3(C[C@@H]4CC[C@@]3(C)C4(C)C)O[C@H]2[C@@H](OCc2ccccc2)[C@@H](O)[C@@H]1OCc1ccccc1. The van der Waals surface area contributed by atoms with Gasteiger partial charge in [-0.1, -0.05) is 87.5 Å². The molecule has 4 fully saturated rings. The normalized spacial score (nSPS) is 40.2. The summed E-state index contributed by atoms with van der Waals surface area (Å²) in [6.07, 6.45) is 1.08. The molecule has 2 bridgehead atoms. The van der Waals surface area contributed by atoms with E-state index in [1.807, 2.05) is 60.7 Å². The van der Waals surface area contributed by atoms with Crippen LogP contribution < -0.4 is 0 Å². The predicted octanol–water partition coefficient (Wildman–Crippen LogP) is 5.43. The van der Waals surface area contributed by atoms with Crippen molar-refractivity contribution in [2.45, 2.75) is 95.7 Å². The van der Waals surface area contributed by atoms with Crippen LogP contribution in [0.5, 0.6) is 0 Å². The third-order valence-corrected chi connectivity index (χ3v) is 10.4. The van der Waals surface area contributed by atoms with Gasteiger partial charge in [-0.15, -0.1) is 6.58 Å². The van der Waals surface area contributed by atoms with E-state index in [0.29, 0.717) is 25.7 Å². The minimum absolute atomic E-state index is 0.0835. The molecule has 3 saturated carbocycles. The molecule has 1 aliphatic heterocycles. The number of hydrogen-bond donors (Lipinski definition) is 1. The molecule has 0 radical (unpaired) electrons. The van der Waals surface area contributed by atoms with Crippen LogP contribution in [0.3, 0.4) is 0 Å². The highest BCUT2D eigenvalue weighted by Gasteiger charge is 2.76. The van der Waals surface area contributed by atoms with Gasteiger partial charge in [0.25, 0.3) is 0 Å². The maximum Gasteiger partial charge on any atom is 0.175 e. The first-order valence-electron chi connectivity index (χ1n) is 14.4. The lowest BCUT2D eigenvalue weighted by molar-refractivity contribution is -0.258. The van der Waals surface area contributed by atoms with Crippen molar-refractivity contribution in [2.75, 3.05) is 6.61 Å². The molecular formula is C33H42O6. The number of benzene rings is 2. The first-order valence-corrected chi connectivity index (χ1v) is 14.4. The maximum atomic E-state index is 11.8. The summed E-state index contributed by atoms with van der Waals surface area (Å²) in [5.74, 6) is -0.221. The molecule has 6 heteroatoms. The first-order chi connectivity index (χ1) is 18.8. The van der Waals surface area contributed by atoms with E-state index in [0.717, 1.165) is 24.0 Å². The quantitative estimate of drug-likeness (QED) is 0.433. The molecule has 1 saturated heterocycles. The highest BCUT2D eigenvalue weighted by Crippen LogP contribution is 2.73. The number of ether oxygens (including phenoxy) is 5. The Morgan fingerprint density at radius 1 is 0.846 bits per heavy atom. The van der Waals surface area contributed by atoms with Gasteiger partial charge in [-0.25, -0.2) is 0 Å². The van der Waals surface area contributed by atoms with E-state index in [1.165, 1.54) is 6.42 Å². The molecule has 6 nitrogen and oxygen atoms in total. The van der Waals surface area contributed by atoms with E-state index >= 15 is 0 Å². The second-order valence-corrected chi connectivity index (χ2v) is 12.5. The van der Waals surface area contributed by atoms with Crippen LogP contribution in [0.1, 0.15) is 51.2 Å². The van der Waals surface area contributed by atoms with Crippen LogP contribution >= 0.6 is 0 Å². The zero-order chi connectivity index (χ0) is 27.3. The minimum Gasteiger partial charge on any atom is -0.387 e. The lowest BCUT2D eigenvalue weighted by Gasteiger charge is -2.45. The molecule has 0 amide bonds. The summed E-state index contributed by atoms with van der Waals surface area (Å²) in [4.78, 5) is 0. The summed E-state index contributed by atoms with van der Waals surface area (Å²) in [7, 11) is 0. The van der Waals surface area contributed by atoms with Crippen molar-refractivity contribution in [2.24, 2.45) is 16.7 Å². The van der Waals surface area contributed by atoms with E-state index in [9.17, 15) is 5.11 Å². The number of aliphatic hydroxyl groups is 1. The lowest BCUT2D eigenvalue weighted by atomic mass is 9.68. The van der Waals surface area contributed by atoms with E-state index in [1.54, 1.807) is 6.08 Å². The zero-order valence-corrected chi connectivity index (χ0v) is 23.3. The number of rotatable bonds is 9. The second kappa shape index (κ2) is 10.4. The number of fused-ring (bicyclic) bond motifs is 4. The van der Waals surface area contributed by atoms with E-state index in [2.05, 4.69) is 27.4 Å². The van der Waals surface area contributed by atoms with Gasteiger partial charge in [-0.2, -0.15) is 0 Å². The van der Waals surface area contributed by atoms with Gasteiger partial charge in [0.2, 0.25) is 0 Å². The fourth-order valence-electron chi connectivity index (χ4n) is 7.70. The van der Waals surface area contributed by atoms with Crippen LogP contribution in [-0.4, -0.2) is 54.1 Å². The minimum atomic E-state index is -0.966. The monoisotopic (exact) mass is 534 g/mol. The summed E-state index contributed by atoms with van der Waals surface area (Å²) in [6.45, 7) is 11.9. The third-order valence-electron chi connectivity index (χ3n) is 10.4. The highest BCUT2D eigenvalue weighted by atomic mass is 16.8. The molecule has 4 aliphatic rings. The van der Waals surface area contributed by atoms with Gasteiger partial charge in [-0.05, 0) is 35.3 Å². The van der Waals surface area contributed by atoms with E-state index in [4.69, 9.17) is 23.7 Å². The Labute approximate surface area is 232 Å². The third kappa shape index (κ3) is 4.41. The molecule has 3 aliphatic carbocycles. The molecule has 2 aromatic carbocycles. The fourth-order valence-corrected chi connectivity index (χ4v) is 7.70. The molecule has 2 aromatic rings. The molecular weight excluding hydrogens is 492 g/mol. The molecule has 39 heavy (non-hydrogen) atoms. The van der Waals surface area contributed by atoms with E-state index < -0.39 is 42.4 Å². The Hall–Kier alpha value is -2.06. The van der Waals surface area contributed by atoms with Crippen molar-refractivity contribution >= 4 is 0 Å². The van der Waals surface area contributed by atoms with Gasteiger partial charge in [0, 0.05) is 11.8 Å². The van der Waals surface area contributed by atoms with Crippen LogP contribution in [0.25, 0.3) is 0 Å². The maximum absolute atomic E-state index is 11.8. The smallest absolute Gasteiger partial charge is 0.175 e. The van der Waals surface area contributed by atoms with Crippen molar-refractivity contribution in [1.29, 1.82) is 0 Å². The Kier molecular flexibility index (Phi) is 7.24. The summed E-state index contributed by atoms with van der Waals surface area (Å²) in [6, 6.07) is 20.0. The van der Waals surface area contributed by atoms with Crippen LogP contribution in [0.4, 0.5) is 0 Å². The van der Waals surface area contributed by atoms with Crippen LogP contribution in [0.15, 0.2) is 73.3 Å². The molecule has 1 heterocycles. The van der Waals surface area contributed by atoms with Crippen molar-refractivity contribution in [3.8, 4) is 0 Å². The molecule has 1 unspecified atom stereocenters. The largest absolute Gasteiger partial charge is 0.387 e. The Morgan fingerprint density at radius 2 is 1.41 bits per heavy atom. The topological polar surface area (TPSA) is 66.4 Å². The average molecular weight is 535 g/mol. The van der Waals surface area contributed by atoms with Gasteiger partial charge in [0.15, 0.2) is 5.79 Å². The average Bonchev–Trinajstić information content (AvgIpc) is 3.48. The predicted molar refractivity (Wildman–Crippen MR) is 148 cm³/mol. The van der Waals surface area contributed by atoms with Crippen LogP contribution in [-0.2, 0) is 36.9 Å². The van der Waals surface area contributed by atoms with Gasteiger partial charge in [0.05, 0.1) is 19.8 Å².